The molecule has 1 atom stereocenters. The summed E-state index contributed by atoms with van der Waals surface area (Å²) in [6.45, 7) is 10.1. The molecule has 0 saturated carbocycles. The first-order valence-corrected chi connectivity index (χ1v) is 8.02. The molecule has 0 saturated heterocycles. The van der Waals surface area contributed by atoms with Crippen LogP contribution in [-0.4, -0.2) is 12.0 Å². The van der Waals surface area contributed by atoms with Crippen LogP contribution in [0.4, 0.5) is 5.69 Å². The van der Waals surface area contributed by atoms with Crippen LogP contribution in [0.5, 0.6) is 5.75 Å². The molecule has 3 heteroatoms. The van der Waals surface area contributed by atoms with Crippen molar-refractivity contribution in [3.8, 4) is 5.75 Å². The van der Waals surface area contributed by atoms with Crippen molar-refractivity contribution in [3.63, 3.8) is 0 Å². The first kappa shape index (κ1) is 17.1. The summed E-state index contributed by atoms with van der Waals surface area (Å²) in [4.78, 5) is 12.3. The average molecular weight is 311 g/mol. The third kappa shape index (κ3) is 4.35. The summed E-state index contributed by atoms with van der Waals surface area (Å²) in [5.74, 6) is 1.04. The lowest BCUT2D eigenvalue weighted by Crippen LogP contribution is -2.30. The molecule has 2 aromatic rings. The first-order chi connectivity index (χ1) is 10.9. The van der Waals surface area contributed by atoms with Crippen molar-refractivity contribution in [3.05, 3.63) is 59.2 Å². The Balaban J connectivity index is 2.01. The third-order valence-corrected chi connectivity index (χ3v) is 4.09. The minimum Gasteiger partial charge on any atom is -0.481 e. The number of carbonyl (C=O) groups is 1. The maximum absolute atomic E-state index is 12.3. The lowest BCUT2D eigenvalue weighted by molar-refractivity contribution is -0.122. The monoisotopic (exact) mass is 311 g/mol. The van der Waals surface area contributed by atoms with E-state index in [1.807, 2.05) is 56.3 Å². The largest absolute Gasteiger partial charge is 0.481 e. The summed E-state index contributed by atoms with van der Waals surface area (Å²) < 4.78 is 5.74. The number of nitrogens with one attached hydrogen (secondary N) is 1. The van der Waals surface area contributed by atoms with E-state index < -0.39 is 6.10 Å². The molecular weight excluding hydrogens is 286 g/mol. The average Bonchev–Trinajstić information content (AvgIpc) is 2.52. The zero-order chi connectivity index (χ0) is 17.0. The van der Waals surface area contributed by atoms with Crippen molar-refractivity contribution < 1.29 is 9.53 Å². The molecule has 0 heterocycles. The van der Waals surface area contributed by atoms with E-state index in [4.69, 9.17) is 4.74 Å². The van der Waals surface area contributed by atoms with Gasteiger partial charge in [0.1, 0.15) is 5.75 Å². The van der Waals surface area contributed by atoms with Gasteiger partial charge in [-0.3, -0.25) is 4.79 Å². The molecule has 0 fully saturated rings. The Hall–Kier alpha value is -2.29. The van der Waals surface area contributed by atoms with Crippen LogP contribution in [0.3, 0.4) is 0 Å². The standard InChI is InChI=1S/C20H25NO2/c1-13(2)17-9-11-18(12-10-17)23-16(5)20(22)21-19-8-6-7-14(3)15(19)4/h6-13,16H,1-5H3,(H,21,22)/t16-/m1/s1. The highest BCUT2D eigenvalue weighted by atomic mass is 16.5. The summed E-state index contributed by atoms with van der Waals surface area (Å²) in [6.07, 6.45) is -0.556. The van der Waals surface area contributed by atoms with E-state index in [0.29, 0.717) is 11.7 Å². The highest BCUT2D eigenvalue weighted by Gasteiger charge is 2.16. The Morgan fingerprint density at radius 2 is 1.65 bits per heavy atom. The van der Waals surface area contributed by atoms with Crippen LogP contribution < -0.4 is 10.1 Å². The van der Waals surface area contributed by atoms with Gasteiger partial charge in [-0.05, 0) is 61.6 Å². The fourth-order valence-electron chi connectivity index (χ4n) is 2.31. The van der Waals surface area contributed by atoms with Gasteiger partial charge in [0.25, 0.3) is 5.91 Å². The van der Waals surface area contributed by atoms with Crippen molar-refractivity contribution in [2.75, 3.05) is 5.32 Å². The lowest BCUT2D eigenvalue weighted by Gasteiger charge is -2.17. The van der Waals surface area contributed by atoms with Crippen LogP contribution in [-0.2, 0) is 4.79 Å². The number of ether oxygens (including phenoxy) is 1. The topological polar surface area (TPSA) is 38.3 Å². The number of hydrogen-bond acceptors (Lipinski definition) is 2. The van der Waals surface area contributed by atoms with Crippen molar-refractivity contribution in [2.24, 2.45) is 0 Å². The number of hydrogen-bond donors (Lipinski definition) is 1. The molecule has 122 valence electrons. The normalized spacial score (nSPS) is 12.1. The molecule has 0 aliphatic heterocycles. The second kappa shape index (κ2) is 7.32. The van der Waals surface area contributed by atoms with E-state index in [-0.39, 0.29) is 5.91 Å². The molecule has 3 nitrogen and oxygen atoms in total. The molecule has 1 amide bonds. The smallest absolute Gasteiger partial charge is 0.265 e. The summed E-state index contributed by atoms with van der Waals surface area (Å²) >= 11 is 0. The molecule has 0 aliphatic rings. The Bertz CT molecular complexity index is 675. The van der Waals surface area contributed by atoms with Crippen molar-refractivity contribution in [1.82, 2.24) is 0 Å². The van der Waals surface area contributed by atoms with Gasteiger partial charge in [-0.15, -0.1) is 0 Å². The SMILES string of the molecule is Cc1cccc(NC(=O)[C@@H](C)Oc2ccc(C(C)C)cc2)c1C. The number of rotatable bonds is 5. The molecule has 2 rings (SSSR count). The van der Waals surface area contributed by atoms with Crippen LogP contribution in [0.15, 0.2) is 42.5 Å². The Morgan fingerprint density at radius 3 is 2.26 bits per heavy atom. The summed E-state index contributed by atoms with van der Waals surface area (Å²) in [5, 5.41) is 2.94. The zero-order valence-corrected chi connectivity index (χ0v) is 14.5. The fourth-order valence-corrected chi connectivity index (χ4v) is 2.31. The van der Waals surface area contributed by atoms with E-state index in [2.05, 4.69) is 19.2 Å². The zero-order valence-electron chi connectivity index (χ0n) is 14.5. The lowest BCUT2D eigenvalue weighted by atomic mass is 10.0. The van der Waals surface area contributed by atoms with Gasteiger partial charge >= 0.3 is 0 Å². The minimum absolute atomic E-state index is 0.147. The number of aryl methyl sites for hydroxylation is 1. The van der Waals surface area contributed by atoms with E-state index in [9.17, 15) is 4.79 Å². The van der Waals surface area contributed by atoms with E-state index in [1.54, 1.807) is 6.92 Å². The molecule has 0 radical (unpaired) electrons. The second-order valence-electron chi connectivity index (χ2n) is 6.22. The predicted molar refractivity (Wildman–Crippen MR) is 95.2 cm³/mol. The van der Waals surface area contributed by atoms with E-state index in [1.165, 1.54) is 5.56 Å². The first-order valence-electron chi connectivity index (χ1n) is 8.02. The predicted octanol–water partition coefficient (Wildman–Crippen LogP) is 4.83. The number of anilines is 1. The van der Waals surface area contributed by atoms with Gasteiger partial charge < -0.3 is 10.1 Å². The van der Waals surface area contributed by atoms with Crippen LogP contribution >= 0.6 is 0 Å². The molecule has 1 N–H and O–H groups in total. The maximum Gasteiger partial charge on any atom is 0.265 e. The van der Waals surface area contributed by atoms with Crippen molar-refractivity contribution >= 4 is 11.6 Å². The molecule has 0 aromatic heterocycles. The molecular formula is C20H25NO2. The van der Waals surface area contributed by atoms with Crippen LogP contribution in [0.25, 0.3) is 0 Å². The third-order valence-electron chi connectivity index (χ3n) is 4.09. The Kier molecular flexibility index (Phi) is 5.43. The van der Waals surface area contributed by atoms with Gasteiger partial charge in [-0.25, -0.2) is 0 Å². The number of carbonyl (C=O) groups excluding carboxylic acids is 1. The van der Waals surface area contributed by atoms with Gasteiger partial charge in [-0.2, -0.15) is 0 Å². The van der Waals surface area contributed by atoms with Crippen molar-refractivity contribution in [2.45, 2.75) is 46.6 Å². The summed E-state index contributed by atoms with van der Waals surface area (Å²) in [7, 11) is 0. The Morgan fingerprint density at radius 1 is 1.00 bits per heavy atom. The number of benzene rings is 2. The van der Waals surface area contributed by atoms with E-state index in [0.717, 1.165) is 16.8 Å². The minimum atomic E-state index is -0.556. The van der Waals surface area contributed by atoms with Crippen LogP contribution in [0.2, 0.25) is 0 Å². The molecule has 0 bridgehead atoms. The fraction of sp³-hybridized carbons (Fsp3) is 0.350. The summed E-state index contributed by atoms with van der Waals surface area (Å²) in [5.41, 5.74) is 4.32. The molecule has 0 spiro atoms. The quantitative estimate of drug-likeness (QED) is 0.858. The molecule has 23 heavy (non-hydrogen) atoms. The van der Waals surface area contributed by atoms with E-state index >= 15 is 0 Å². The highest BCUT2D eigenvalue weighted by molar-refractivity contribution is 5.94. The molecule has 2 aromatic carbocycles. The molecule has 0 unspecified atom stereocenters. The Labute approximate surface area is 138 Å². The van der Waals surface area contributed by atoms with Crippen LogP contribution in [0.1, 0.15) is 43.4 Å². The van der Waals surface area contributed by atoms with Gasteiger partial charge in [0, 0.05) is 5.69 Å². The van der Waals surface area contributed by atoms with Gasteiger partial charge in [0.05, 0.1) is 0 Å². The van der Waals surface area contributed by atoms with Gasteiger partial charge in [0.15, 0.2) is 6.10 Å². The maximum atomic E-state index is 12.3. The summed E-state index contributed by atoms with van der Waals surface area (Å²) in [6, 6.07) is 13.8. The van der Waals surface area contributed by atoms with Crippen LogP contribution in [0, 0.1) is 13.8 Å². The van der Waals surface area contributed by atoms with Crippen molar-refractivity contribution in [1.29, 1.82) is 0 Å². The number of amides is 1. The van der Waals surface area contributed by atoms with Gasteiger partial charge in [-0.1, -0.05) is 38.1 Å². The highest BCUT2D eigenvalue weighted by Crippen LogP contribution is 2.21. The van der Waals surface area contributed by atoms with Gasteiger partial charge in [0.2, 0.25) is 0 Å². The second-order valence-corrected chi connectivity index (χ2v) is 6.22. The molecule has 0 aliphatic carbocycles.